The van der Waals surface area contributed by atoms with Gasteiger partial charge in [0.2, 0.25) is 0 Å². The fourth-order valence-electron chi connectivity index (χ4n) is 3.32. The molecule has 5 nitrogen and oxygen atoms in total. The molecule has 1 aromatic heterocycles. The van der Waals surface area contributed by atoms with Gasteiger partial charge in [-0.2, -0.15) is 0 Å². The molecular weight excluding hydrogens is 306 g/mol. The molecule has 4 rings (SSSR count). The summed E-state index contributed by atoms with van der Waals surface area (Å²) in [5.74, 6) is 0.831. The number of hydrogen-bond donors (Lipinski definition) is 0. The Morgan fingerprint density at radius 3 is 2.82 bits per heavy atom. The lowest BCUT2D eigenvalue weighted by Gasteiger charge is -2.38. The number of rotatable bonds is 3. The van der Waals surface area contributed by atoms with Gasteiger partial charge in [-0.05, 0) is 0 Å². The van der Waals surface area contributed by atoms with Crippen molar-refractivity contribution in [2.75, 3.05) is 39.6 Å². The number of nitrogens with zero attached hydrogens (tertiary/aromatic N) is 1. The molecule has 1 aromatic rings. The molecule has 1 spiro atoms. The van der Waals surface area contributed by atoms with E-state index in [0.29, 0.717) is 31.6 Å². The second kappa shape index (κ2) is 5.34. The molecule has 2 fully saturated rings. The van der Waals surface area contributed by atoms with Crippen molar-refractivity contribution in [3.8, 4) is 5.75 Å². The number of ether oxygens (including phenoxy) is 4. The second-order valence-electron chi connectivity index (χ2n) is 6.76. The molecule has 0 saturated carbocycles. The van der Waals surface area contributed by atoms with Crippen molar-refractivity contribution in [3.05, 3.63) is 22.5 Å². The molecular formula is C16H20ClNO4. The van der Waals surface area contributed by atoms with Crippen LogP contribution in [0.3, 0.4) is 0 Å². The summed E-state index contributed by atoms with van der Waals surface area (Å²) in [6.07, 6.45) is 1.61. The molecule has 0 aliphatic carbocycles. The van der Waals surface area contributed by atoms with Crippen LogP contribution in [-0.2, 0) is 26.2 Å². The van der Waals surface area contributed by atoms with Gasteiger partial charge in [-0.3, -0.25) is 0 Å². The summed E-state index contributed by atoms with van der Waals surface area (Å²) in [7, 11) is 0. The van der Waals surface area contributed by atoms with Gasteiger partial charge in [0, 0.05) is 36.5 Å². The molecule has 0 radical (unpaired) electrons. The monoisotopic (exact) mass is 325 g/mol. The predicted molar refractivity (Wildman–Crippen MR) is 80.4 cm³/mol. The van der Waals surface area contributed by atoms with Crippen molar-refractivity contribution in [2.24, 2.45) is 5.41 Å². The van der Waals surface area contributed by atoms with Crippen LogP contribution in [0.25, 0.3) is 0 Å². The van der Waals surface area contributed by atoms with Crippen molar-refractivity contribution in [1.29, 1.82) is 0 Å². The summed E-state index contributed by atoms with van der Waals surface area (Å²) in [6.45, 7) is 6.18. The molecule has 22 heavy (non-hydrogen) atoms. The summed E-state index contributed by atoms with van der Waals surface area (Å²) in [6, 6.07) is 1.82. The Labute approximate surface area is 134 Å². The zero-order valence-corrected chi connectivity index (χ0v) is 13.4. The standard InChI is InChI=1S/C16H20ClNO4/c1-15(7-20-8-15)9-21-12-6-13(17)18-14-11(12)2-4-22-16(14)3-5-19-10-16/h6H,2-5,7-10H2,1H3. The molecule has 0 N–H and O–H groups in total. The van der Waals surface area contributed by atoms with Crippen LogP contribution in [0.5, 0.6) is 5.75 Å². The molecule has 4 heterocycles. The van der Waals surface area contributed by atoms with Gasteiger partial charge in [-0.1, -0.05) is 18.5 Å². The van der Waals surface area contributed by atoms with E-state index in [0.717, 1.165) is 43.1 Å². The van der Waals surface area contributed by atoms with Gasteiger partial charge in [0.1, 0.15) is 16.5 Å². The van der Waals surface area contributed by atoms with Gasteiger partial charge in [0.05, 0.1) is 38.7 Å². The molecule has 120 valence electrons. The molecule has 1 atom stereocenters. The zero-order valence-electron chi connectivity index (χ0n) is 12.7. The molecule has 3 aliphatic heterocycles. The first-order valence-corrected chi connectivity index (χ1v) is 8.10. The minimum atomic E-state index is -0.444. The lowest BCUT2D eigenvalue weighted by molar-refractivity contribution is -0.120. The van der Waals surface area contributed by atoms with Crippen molar-refractivity contribution in [1.82, 2.24) is 4.98 Å². The third kappa shape index (κ3) is 2.40. The third-order valence-electron chi connectivity index (χ3n) is 4.68. The van der Waals surface area contributed by atoms with E-state index in [9.17, 15) is 0 Å². The quantitative estimate of drug-likeness (QED) is 0.798. The number of hydrogen-bond acceptors (Lipinski definition) is 5. The number of fused-ring (bicyclic) bond motifs is 2. The van der Waals surface area contributed by atoms with Crippen molar-refractivity contribution in [3.63, 3.8) is 0 Å². The van der Waals surface area contributed by atoms with Crippen LogP contribution in [0.2, 0.25) is 5.15 Å². The second-order valence-corrected chi connectivity index (χ2v) is 7.14. The van der Waals surface area contributed by atoms with Crippen LogP contribution in [-0.4, -0.2) is 44.6 Å². The van der Waals surface area contributed by atoms with Gasteiger partial charge in [-0.25, -0.2) is 4.98 Å². The first-order chi connectivity index (χ1) is 10.6. The van der Waals surface area contributed by atoms with E-state index in [1.165, 1.54) is 0 Å². The Bertz CT molecular complexity index is 582. The molecule has 6 heteroatoms. The first kappa shape index (κ1) is 14.7. The normalized spacial score (nSPS) is 29.2. The van der Waals surface area contributed by atoms with Crippen LogP contribution in [0, 0.1) is 5.41 Å². The highest BCUT2D eigenvalue weighted by Crippen LogP contribution is 2.42. The first-order valence-electron chi connectivity index (χ1n) is 7.73. The van der Waals surface area contributed by atoms with Crippen molar-refractivity contribution in [2.45, 2.75) is 25.4 Å². The van der Waals surface area contributed by atoms with Crippen LogP contribution >= 0.6 is 11.6 Å². The SMILES string of the molecule is CC1(COc2cc(Cl)nc3c2CCOC32CCOC2)COC1. The van der Waals surface area contributed by atoms with Crippen LogP contribution in [0.4, 0.5) is 0 Å². The Morgan fingerprint density at radius 2 is 2.14 bits per heavy atom. The highest BCUT2D eigenvalue weighted by molar-refractivity contribution is 6.29. The topological polar surface area (TPSA) is 49.8 Å². The van der Waals surface area contributed by atoms with Crippen LogP contribution in [0.1, 0.15) is 24.6 Å². The largest absolute Gasteiger partial charge is 0.492 e. The zero-order chi connectivity index (χ0) is 15.2. The maximum absolute atomic E-state index is 6.23. The summed E-state index contributed by atoms with van der Waals surface area (Å²) < 4.78 is 22.9. The van der Waals surface area contributed by atoms with E-state index in [1.807, 2.05) is 6.07 Å². The summed E-state index contributed by atoms with van der Waals surface area (Å²) >= 11 is 6.23. The van der Waals surface area contributed by atoms with E-state index in [-0.39, 0.29) is 5.41 Å². The number of halogens is 1. The Kier molecular flexibility index (Phi) is 3.57. The van der Waals surface area contributed by atoms with Crippen molar-refractivity contribution >= 4 is 11.6 Å². The average molecular weight is 326 g/mol. The molecule has 3 aliphatic rings. The summed E-state index contributed by atoms with van der Waals surface area (Å²) in [5.41, 5.74) is 1.67. The fourth-order valence-corrected chi connectivity index (χ4v) is 3.50. The fraction of sp³-hybridized carbons (Fsp3) is 0.688. The molecule has 2 saturated heterocycles. The van der Waals surface area contributed by atoms with Gasteiger partial charge >= 0.3 is 0 Å². The van der Waals surface area contributed by atoms with Gasteiger partial charge in [-0.15, -0.1) is 0 Å². The highest BCUT2D eigenvalue weighted by Gasteiger charge is 2.44. The minimum Gasteiger partial charge on any atom is -0.492 e. The Morgan fingerprint density at radius 1 is 1.27 bits per heavy atom. The molecule has 1 unspecified atom stereocenters. The highest BCUT2D eigenvalue weighted by atomic mass is 35.5. The molecule has 0 aromatic carbocycles. The van der Waals surface area contributed by atoms with Crippen molar-refractivity contribution < 1.29 is 18.9 Å². The minimum absolute atomic E-state index is 0.0992. The molecule has 0 amide bonds. The average Bonchev–Trinajstić information content (AvgIpc) is 2.93. The van der Waals surface area contributed by atoms with Crippen LogP contribution in [0.15, 0.2) is 6.07 Å². The predicted octanol–water partition coefficient (Wildman–Crippen LogP) is 2.34. The van der Waals surface area contributed by atoms with E-state index < -0.39 is 5.60 Å². The Balaban J connectivity index is 1.66. The van der Waals surface area contributed by atoms with E-state index >= 15 is 0 Å². The third-order valence-corrected chi connectivity index (χ3v) is 4.87. The van der Waals surface area contributed by atoms with Gasteiger partial charge in [0.25, 0.3) is 0 Å². The smallest absolute Gasteiger partial charge is 0.136 e. The lowest BCUT2D eigenvalue weighted by atomic mass is 9.89. The van der Waals surface area contributed by atoms with Crippen LogP contribution < -0.4 is 4.74 Å². The summed E-state index contributed by atoms with van der Waals surface area (Å²) in [4.78, 5) is 4.54. The summed E-state index contributed by atoms with van der Waals surface area (Å²) in [5, 5.41) is 0.445. The Hall–Kier alpha value is -0.880. The maximum Gasteiger partial charge on any atom is 0.136 e. The number of pyridine rings is 1. The molecule has 0 bridgehead atoms. The van der Waals surface area contributed by atoms with Gasteiger partial charge < -0.3 is 18.9 Å². The number of aromatic nitrogens is 1. The van der Waals surface area contributed by atoms with Gasteiger partial charge in [0.15, 0.2) is 0 Å². The van der Waals surface area contributed by atoms with E-state index in [2.05, 4.69) is 11.9 Å². The van der Waals surface area contributed by atoms with E-state index in [4.69, 9.17) is 30.5 Å². The maximum atomic E-state index is 6.23. The lowest BCUT2D eigenvalue weighted by Crippen LogP contribution is -2.44. The van der Waals surface area contributed by atoms with E-state index in [1.54, 1.807) is 0 Å².